The molecule has 0 atom stereocenters. The van der Waals surface area contributed by atoms with Crippen molar-refractivity contribution in [1.29, 1.82) is 0 Å². The molecular weight excluding hydrogens is 128 g/mol. The van der Waals surface area contributed by atoms with Gasteiger partial charge in [0.25, 0.3) is 0 Å². The lowest BCUT2D eigenvalue weighted by atomic mass is 10.1. The Morgan fingerprint density at radius 2 is 2.22 bits per heavy atom. The van der Waals surface area contributed by atoms with E-state index in [4.69, 9.17) is 4.43 Å². The van der Waals surface area contributed by atoms with Gasteiger partial charge in [-0.2, -0.15) is 0 Å². The van der Waals surface area contributed by atoms with Crippen molar-refractivity contribution in [3.63, 3.8) is 0 Å². The molecule has 0 saturated carbocycles. The van der Waals surface area contributed by atoms with Crippen LogP contribution in [0.1, 0.15) is 27.2 Å². The molecule has 0 spiro atoms. The Morgan fingerprint density at radius 1 is 1.67 bits per heavy atom. The Labute approximate surface area is 60.1 Å². The molecule has 0 heterocycles. The normalized spacial score (nSPS) is 12.8. The lowest BCUT2D eigenvalue weighted by molar-refractivity contribution is 0.114. The molecule has 9 heavy (non-hydrogen) atoms. The Morgan fingerprint density at radius 3 is 2.56 bits per heavy atom. The van der Waals surface area contributed by atoms with E-state index in [1.54, 1.807) is 0 Å². The molecule has 0 aromatic carbocycles. The second kappa shape index (κ2) is 3.85. The highest BCUT2D eigenvalue weighted by Gasteiger charge is 2.12. The first-order valence-electron chi connectivity index (χ1n) is 3.37. The standard InChI is InChI=1S/C7H16OSi/c1-5-7(3,4)8-9-6-2/h6H,2,5,9H2,1,3-4H3. The molecule has 0 aliphatic heterocycles. The zero-order valence-corrected chi connectivity index (χ0v) is 8.02. The van der Waals surface area contributed by atoms with E-state index in [2.05, 4.69) is 27.4 Å². The van der Waals surface area contributed by atoms with Gasteiger partial charge in [0.2, 0.25) is 0 Å². The van der Waals surface area contributed by atoms with Crippen LogP contribution >= 0.6 is 0 Å². The fourth-order valence-electron chi connectivity index (χ4n) is 0.387. The van der Waals surface area contributed by atoms with E-state index in [9.17, 15) is 0 Å². The third-order valence-electron chi connectivity index (χ3n) is 1.44. The van der Waals surface area contributed by atoms with Gasteiger partial charge in [-0.15, -0.1) is 6.58 Å². The minimum atomic E-state index is -0.430. The number of hydrogen-bond donors (Lipinski definition) is 0. The van der Waals surface area contributed by atoms with Crippen molar-refractivity contribution in [3.8, 4) is 0 Å². The molecule has 0 saturated heterocycles. The first kappa shape index (κ1) is 8.92. The van der Waals surface area contributed by atoms with E-state index < -0.39 is 9.76 Å². The zero-order valence-electron chi connectivity index (χ0n) is 6.61. The van der Waals surface area contributed by atoms with Gasteiger partial charge in [0.15, 0.2) is 9.76 Å². The minimum Gasteiger partial charge on any atom is -0.414 e. The fourth-order valence-corrected chi connectivity index (χ4v) is 1.16. The van der Waals surface area contributed by atoms with Crippen LogP contribution in [-0.4, -0.2) is 15.4 Å². The van der Waals surface area contributed by atoms with E-state index in [-0.39, 0.29) is 5.60 Å². The second-order valence-corrected chi connectivity index (χ2v) is 3.91. The monoisotopic (exact) mass is 144 g/mol. The molecule has 0 aromatic rings. The number of rotatable bonds is 4. The average molecular weight is 144 g/mol. The SMILES string of the molecule is C=C[SiH2]OC(C)(C)CC. The van der Waals surface area contributed by atoms with Gasteiger partial charge in [-0.1, -0.05) is 12.6 Å². The van der Waals surface area contributed by atoms with Crippen molar-refractivity contribution in [3.05, 3.63) is 12.3 Å². The highest BCUT2D eigenvalue weighted by Crippen LogP contribution is 2.11. The van der Waals surface area contributed by atoms with E-state index >= 15 is 0 Å². The molecule has 1 nitrogen and oxygen atoms in total. The molecule has 2 heteroatoms. The summed E-state index contributed by atoms with van der Waals surface area (Å²) in [5.74, 6) is 0. The summed E-state index contributed by atoms with van der Waals surface area (Å²) in [6.07, 6.45) is 1.08. The Bertz CT molecular complexity index is 88.9. The van der Waals surface area contributed by atoms with Crippen molar-refractivity contribution in [2.75, 3.05) is 0 Å². The Kier molecular flexibility index (Phi) is 3.82. The van der Waals surface area contributed by atoms with E-state index in [0.29, 0.717) is 0 Å². The molecular formula is C7H16OSi. The van der Waals surface area contributed by atoms with Crippen LogP contribution in [0.4, 0.5) is 0 Å². The second-order valence-electron chi connectivity index (χ2n) is 2.71. The summed E-state index contributed by atoms with van der Waals surface area (Å²) in [7, 11) is -0.430. The van der Waals surface area contributed by atoms with Gasteiger partial charge in [-0.05, 0) is 20.3 Å². The first-order chi connectivity index (χ1) is 4.12. The summed E-state index contributed by atoms with van der Waals surface area (Å²) < 4.78 is 5.55. The van der Waals surface area contributed by atoms with Gasteiger partial charge in [0.1, 0.15) is 0 Å². The summed E-state index contributed by atoms with van der Waals surface area (Å²) in [4.78, 5) is 0. The molecule has 0 aliphatic carbocycles. The predicted octanol–water partition coefficient (Wildman–Crippen LogP) is 1.42. The largest absolute Gasteiger partial charge is 0.414 e. The maximum atomic E-state index is 5.55. The molecule has 0 fully saturated rings. The third kappa shape index (κ3) is 4.42. The molecule has 0 bridgehead atoms. The molecule has 0 aliphatic rings. The first-order valence-corrected chi connectivity index (χ1v) is 4.76. The van der Waals surface area contributed by atoms with Crippen LogP contribution in [0.25, 0.3) is 0 Å². The van der Waals surface area contributed by atoms with Crippen molar-refractivity contribution >= 4 is 9.76 Å². The highest BCUT2D eigenvalue weighted by atomic mass is 28.2. The molecule has 0 N–H and O–H groups in total. The third-order valence-corrected chi connectivity index (χ3v) is 2.63. The van der Waals surface area contributed by atoms with E-state index in [0.717, 1.165) is 6.42 Å². The fraction of sp³-hybridized carbons (Fsp3) is 0.714. The summed E-state index contributed by atoms with van der Waals surface area (Å²) in [5.41, 5.74) is 2.00. The Balaban J connectivity index is 3.44. The van der Waals surface area contributed by atoms with Gasteiger partial charge < -0.3 is 4.43 Å². The summed E-state index contributed by atoms with van der Waals surface area (Å²) in [6, 6.07) is 0. The van der Waals surface area contributed by atoms with Crippen molar-refractivity contribution in [2.45, 2.75) is 32.8 Å². The maximum Gasteiger partial charge on any atom is 0.185 e. The Hall–Kier alpha value is -0.0831. The molecule has 0 rings (SSSR count). The van der Waals surface area contributed by atoms with Crippen LogP contribution < -0.4 is 0 Å². The van der Waals surface area contributed by atoms with Crippen molar-refractivity contribution in [2.24, 2.45) is 0 Å². The summed E-state index contributed by atoms with van der Waals surface area (Å²) in [6.45, 7) is 10.0. The summed E-state index contributed by atoms with van der Waals surface area (Å²) >= 11 is 0. The van der Waals surface area contributed by atoms with E-state index in [1.165, 1.54) is 0 Å². The van der Waals surface area contributed by atoms with Crippen LogP contribution in [-0.2, 0) is 4.43 Å². The summed E-state index contributed by atoms with van der Waals surface area (Å²) in [5, 5.41) is 0. The van der Waals surface area contributed by atoms with Gasteiger partial charge in [0, 0.05) is 0 Å². The van der Waals surface area contributed by atoms with Crippen molar-refractivity contribution < 1.29 is 4.43 Å². The predicted molar refractivity (Wildman–Crippen MR) is 44.2 cm³/mol. The maximum absolute atomic E-state index is 5.55. The number of hydrogen-bond acceptors (Lipinski definition) is 1. The van der Waals surface area contributed by atoms with Crippen LogP contribution in [0.2, 0.25) is 0 Å². The van der Waals surface area contributed by atoms with Crippen LogP contribution in [0, 0.1) is 0 Å². The van der Waals surface area contributed by atoms with Crippen LogP contribution in [0.5, 0.6) is 0 Å². The minimum absolute atomic E-state index is 0.0837. The lowest BCUT2D eigenvalue weighted by Crippen LogP contribution is -2.24. The molecule has 54 valence electrons. The highest BCUT2D eigenvalue weighted by molar-refractivity contribution is 6.34. The van der Waals surface area contributed by atoms with Gasteiger partial charge in [-0.25, -0.2) is 0 Å². The quantitative estimate of drug-likeness (QED) is 0.542. The smallest absolute Gasteiger partial charge is 0.185 e. The van der Waals surface area contributed by atoms with Gasteiger partial charge >= 0.3 is 0 Å². The molecule has 0 radical (unpaired) electrons. The topological polar surface area (TPSA) is 9.23 Å². The lowest BCUT2D eigenvalue weighted by Gasteiger charge is -2.22. The van der Waals surface area contributed by atoms with Crippen LogP contribution in [0.15, 0.2) is 12.3 Å². The van der Waals surface area contributed by atoms with Crippen LogP contribution in [0.3, 0.4) is 0 Å². The molecule has 0 amide bonds. The van der Waals surface area contributed by atoms with Gasteiger partial charge in [0.05, 0.1) is 5.60 Å². The van der Waals surface area contributed by atoms with E-state index in [1.807, 2.05) is 5.70 Å². The zero-order chi connectivity index (χ0) is 7.33. The average Bonchev–Trinajstić information content (AvgIpc) is 1.84. The molecule has 0 aromatic heterocycles. The molecule has 0 unspecified atom stereocenters. The van der Waals surface area contributed by atoms with Crippen molar-refractivity contribution in [1.82, 2.24) is 0 Å². The van der Waals surface area contributed by atoms with Gasteiger partial charge in [-0.3, -0.25) is 0 Å².